The SMILES string of the molecule is Cc1ccc(S(=O)(=O)N2CCC(C(=O)N(C)CC(C)(C)CN)CC2)c(C)c1. The highest BCUT2D eigenvalue weighted by Gasteiger charge is 2.34. The summed E-state index contributed by atoms with van der Waals surface area (Å²) in [5, 5.41) is 0. The topological polar surface area (TPSA) is 83.7 Å². The van der Waals surface area contributed by atoms with Crippen LogP contribution in [0.5, 0.6) is 0 Å². The summed E-state index contributed by atoms with van der Waals surface area (Å²) in [6.45, 7) is 9.71. The van der Waals surface area contributed by atoms with Crippen molar-refractivity contribution in [3.8, 4) is 0 Å². The zero-order valence-corrected chi connectivity index (χ0v) is 18.0. The molecule has 0 unspecified atom stereocenters. The quantitative estimate of drug-likeness (QED) is 0.800. The first-order chi connectivity index (χ1) is 12.5. The fraction of sp³-hybridized carbons (Fsp3) is 0.650. The standard InChI is InChI=1S/C20H33N3O3S/c1-15-6-7-18(16(2)12-15)27(25,26)23-10-8-17(9-11-23)19(24)22(5)14-20(3,4)13-21/h6-7,12,17H,8-11,13-14,21H2,1-5H3. The summed E-state index contributed by atoms with van der Waals surface area (Å²) < 4.78 is 27.5. The fourth-order valence-corrected chi connectivity index (χ4v) is 5.34. The Labute approximate surface area is 163 Å². The van der Waals surface area contributed by atoms with Crippen molar-refractivity contribution in [2.75, 3.05) is 33.2 Å². The third-order valence-electron chi connectivity index (χ3n) is 5.35. The average molecular weight is 396 g/mol. The van der Waals surface area contributed by atoms with Crippen LogP contribution >= 0.6 is 0 Å². The highest BCUT2D eigenvalue weighted by atomic mass is 32.2. The number of aryl methyl sites for hydroxylation is 2. The smallest absolute Gasteiger partial charge is 0.243 e. The predicted octanol–water partition coefficient (Wildman–Crippen LogP) is 2.15. The minimum Gasteiger partial charge on any atom is -0.345 e. The lowest BCUT2D eigenvalue weighted by Crippen LogP contribution is -2.46. The molecule has 0 bridgehead atoms. The summed E-state index contributed by atoms with van der Waals surface area (Å²) in [6.07, 6.45) is 1.10. The number of benzene rings is 1. The number of hydrogen-bond acceptors (Lipinski definition) is 4. The average Bonchev–Trinajstić information content (AvgIpc) is 2.60. The van der Waals surface area contributed by atoms with Crippen molar-refractivity contribution in [3.05, 3.63) is 29.3 Å². The van der Waals surface area contributed by atoms with E-state index >= 15 is 0 Å². The minimum atomic E-state index is -3.52. The number of carbonyl (C=O) groups excluding carboxylic acids is 1. The predicted molar refractivity (Wildman–Crippen MR) is 108 cm³/mol. The molecule has 0 aromatic heterocycles. The highest BCUT2D eigenvalue weighted by molar-refractivity contribution is 7.89. The van der Waals surface area contributed by atoms with Crippen molar-refractivity contribution in [2.45, 2.75) is 45.4 Å². The molecule has 6 nitrogen and oxygen atoms in total. The molecule has 0 aliphatic carbocycles. The Morgan fingerprint density at radius 3 is 2.37 bits per heavy atom. The molecule has 0 radical (unpaired) electrons. The molecule has 152 valence electrons. The highest BCUT2D eigenvalue weighted by Crippen LogP contribution is 2.27. The van der Waals surface area contributed by atoms with E-state index in [4.69, 9.17) is 5.73 Å². The molecule has 1 aliphatic rings. The monoisotopic (exact) mass is 395 g/mol. The van der Waals surface area contributed by atoms with Crippen molar-refractivity contribution < 1.29 is 13.2 Å². The van der Waals surface area contributed by atoms with Gasteiger partial charge in [-0.05, 0) is 50.3 Å². The molecule has 1 aromatic rings. The van der Waals surface area contributed by atoms with Gasteiger partial charge < -0.3 is 10.6 Å². The van der Waals surface area contributed by atoms with E-state index in [2.05, 4.69) is 0 Å². The Morgan fingerprint density at radius 1 is 1.26 bits per heavy atom. The maximum absolute atomic E-state index is 13.0. The van der Waals surface area contributed by atoms with Crippen LogP contribution < -0.4 is 5.73 Å². The van der Waals surface area contributed by atoms with Crippen LogP contribution in [0.3, 0.4) is 0 Å². The Kier molecular flexibility index (Phi) is 6.71. The van der Waals surface area contributed by atoms with E-state index < -0.39 is 10.0 Å². The van der Waals surface area contributed by atoms with Crippen molar-refractivity contribution in [3.63, 3.8) is 0 Å². The van der Waals surface area contributed by atoms with Gasteiger partial charge in [-0.25, -0.2) is 8.42 Å². The van der Waals surface area contributed by atoms with Crippen molar-refractivity contribution in [1.29, 1.82) is 0 Å². The summed E-state index contributed by atoms with van der Waals surface area (Å²) in [4.78, 5) is 14.8. The van der Waals surface area contributed by atoms with E-state index in [9.17, 15) is 13.2 Å². The van der Waals surface area contributed by atoms with Crippen LogP contribution in [0.15, 0.2) is 23.1 Å². The number of sulfonamides is 1. The molecule has 0 atom stereocenters. The van der Waals surface area contributed by atoms with Crippen LogP contribution in [-0.2, 0) is 14.8 Å². The van der Waals surface area contributed by atoms with Gasteiger partial charge in [-0.3, -0.25) is 4.79 Å². The number of hydrogen-bond donors (Lipinski definition) is 1. The number of rotatable bonds is 6. The van der Waals surface area contributed by atoms with E-state index in [1.54, 1.807) is 18.0 Å². The molecule has 2 N–H and O–H groups in total. The van der Waals surface area contributed by atoms with Gasteiger partial charge in [0.05, 0.1) is 4.90 Å². The van der Waals surface area contributed by atoms with Gasteiger partial charge in [0.1, 0.15) is 0 Å². The van der Waals surface area contributed by atoms with Crippen LogP contribution in [0.2, 0.25) is 0 Å². The molecule has 27 heavy (non-hydrogen) atoms. The second-order valence-electron chi connectivity index (χ2n) is 8.51. The lowest BCUT2D eigenvalue weighted by atomic mass is 9.91. The summed E-state index contributed by atoms with van der Waals surface area (Å²) in [6, 6.07) is 5.39. The van der Waals surface area contributed by atoms with E-state index in [1.807, 2.05) is 39.8 Å². The van der Waals surface area contributed by atoms with Crippen LogP contribution in [0, 0.1) is 25.2 Å². The van der Waals surface area contributed by atoms with E-state index in [-0.39, 0.29) is 17.2 Å². The van der Waals surface area contributed by atoms with Crippen molar-refractivity contribution in [1.82, 2.24) is 9.21 Å². The fourth-order valence-electron chi connectivity index (χ4n) is 3.67. The van der Waals surface area contributed by atoms with Gasteiger partial charge >= 0.3 is 0 Å². The Hall–Kier alpha value is -1.44. The summed E-state index contributed by atoms with van der Waals surface area (Å²) in [7, 11) is -1.72. The van der Waals surface area contributed by atoms with Crippen LogP contribution in [-0.4, -0.2) is 56.8 Å². The van der Waals surface area contributed by atoms with E-state index in [1.165, 1.54) is 4.31 Å². The van der Waals surface area contributed by atoms with Crippen molar-refractivity contribution >= 4 is 15.9 Å². The van der Waals surface area contributed by atoms with Gasteiger partial charge in [0.25, 0.3) is 0 Å². The second kappa shape index (κ2) is 8.29. The van der Waals surface area contributed by atoms with Crippen molar-refractivity contribution in [2.24, 2.45) is 17.1 Å². The molecule has 7 heteroatoms. The minimum absolute atomic E-state index is 0.0834. The van der Waals surface area contributed by atoms with Gasteiger partial charge in [-0.1, -0.05) is 31.5 Å². The summed E-state index contributed by atoms with van der Waals surface area (Å²) in [5.74, 6) is -0.0470. The lowest BCUT2D eigenvalue weighted by Gasteiger charge is -2.35. The van der Waals surface area contributed by atoms with E-state index in [0.717, 1.165) is 11.1 Å². The Balaban J connectivity index is 2.03. The molecular formula is C20H33N3O3S. The summed E-state index contributed by atoms with van der Waals surface area (Å²) in [5.41, 5.74) is 7.44. The number of nitrogens with zero attached hydrogens (tertiary/aromatic N) is 2. The first-order valence-corrected chi connectivity index (χ1v) is 10.9. The first-order valence-electron chi connectivity index (χ1n) is 9.50. The summed E-state index contributed by atoms with van der Waals surface area (Å²) >= 11 is 0. The number of nitrogens with two attached hydrogens (primary N) is 1. The largest absolute Gasteiger partial charge is 0.345 e. The van der Waals surface area contributed by atoms with Crippen LogP contribution in [0.1, 0.15) is 37.8 Å². The van der Waals surface area contributed by atoms with Gasteiger partial charge in [0.2, 0.25) is 15.9 Å². The molecule has 1 amide bonds. The van der Waals surface area contributed by atoms with Gasteiger partial charge in [-0.15, -0.1) is 0 Å². The molecule has 0 saturated carbocycles. The Morgan fingerprint density at radius 2 is 1.85 bits per heavy atom. The molecule has 0 spiro atoms. The van der Waals surface area contributed by atoms with Crippen LogP contribution in [0.25, 0.3) is 0 Å². The zero-order valence-electron chi connectivity index (χ0n) is 17.2. The zero-order chi connectivity index (χ0) is 20.4. The molecular weight excluding hydrogens is 362 g/mol. The third-order valence-corrected chi connectivity index (χ3v) is 7.40. The lowest BCUT2D eigenvalue weighted by molar-refractivity contribution is -0.136. The van der Waals surface area contributed by atoms with Gasteiger partial charge in [-0.2, -0.15) is 4.31 Å². The maximum atomic E-state index is 13.0. The van der Waals surface area contributed by atoms with Gasteiger partial charge in [0.15, 0.2) is 0 Å². The van der Waals surface area contributed by atoms with E-state index in [0.29, 0.717) is 43.9 Å². The number of carbonyl (C=O) groups is 1. The number of amides is 1. The molecule has 1 aromatic carbocycles. The third kappa shape index (κ3) is 5.09. The number of piperidine rings is 1. The molecule has 1 heterocycles. The molecule has 1 aliphatic heterocycles. The molecule has 1 fully saturated rings. The normalized spacial score (nSPS) is 17.1. The second-order valence-corrected chi connectivity index (χ2v) is 10.4. The molecule has 1 saturated heterocycles. The van der Waals surface area contributed by atoms with Crippen LogP contribution in [0.4, 0.5) is 0 Å². The van der Waals surface area contributed by atoms with Gasteiger partial charge in [0, 0.05) is 32.6 Å². The maximum Gasteiger partial charge on any atom is 0.243 e. The Bertz CT molecular complexity index is 782. The molecule has 2 rings (SSSR count). The first kappa shape index (κ1) is 21.9.